The first kappa shape index (κ1) is 11.5. The summed E-state index contributed by atoms with van der Waals surface area (Å²) in [7, 11) is 0. The van der Waals surface area contributed by atoms with Crippen LogP contribution in [0.5, 0.6) is 0 Å². The van der Waals surface area contributed by atoms with E-state index in [2.05, 4.69) is 27.2 Å². The van der Waals surface area contributed by atoms with E-state index in [1.807, 2.05) is 31.2 Å². The van der Waals surface area contributed by atoms with Gasteiger partial charge >= 0.3 is 0 Å². The summed E-state index contributed by atoms with van der Waals surface area (Å²) in [6.45, 7) is 4.75. The maximum Gasteiger partial charge on any atom is 0.129 e. The Hall–Kier alpha value is -1.97. The number of aryl methyl sites for hydroxylation is 2. The standard InChI is InChI=1S/C13H16N4/c1-3-11-7-13(16-9-15-11)14-8-12-6-4-5-10(2)17-12/h4-7,9H,3,8H2,1-2H3,(H,14,15,16). The highest BCUT2D eigenvalue weighted by molar-refractivity contribution is 5.35. The van der Waals surface area contributed by atoms with Crippen molar-refractivity contribution in [3.05, 3.63) is 47.7 Å². The molecule has 2 heterocycles. The second kappa shape index (κ2) is 5.39. The Morgan fingerprint density at radius 2 is 2.06 bits per heavy atom. The van der Waals surface area contributed by atoms with Crippen molar-refractivity contribution in [2.75, 3.05) is 5.32 Å². The van der Waals surface area contributed by atoms with Crippen molar-refractivity contribution in [1.29, 1.82) is 0 Å². The fraction of sp³-hybridized carbons (Fsp3) is 0.308. The molecule has 0 saturated carbocycles. The average molecular weight is 228 g/mol. The third-order valence-corrected chi connectivity index (χ3v) is 2.48. The molecule has 0 amide bonds. The predicted octanol–water partition coefficient (Wildman–Crippen LogP) is 2.35. The van der Waals surface area contributed by atoms with Crippen LogP contribution in [-0.4, -0.2) is 15.0 Å². The van der Waals surface area contributed by atoms with Crippen LogP contribution in [0.4, 0.5) is 5.82 Å². The summed E-state index contributed by atoms with van der Waals surface area (Å²) in [6.07, 6.45) is 2.50. The van der Waals surface area contributed by atoms with Gasteiger partial charge in [-0.1, -0.05) is 13.0 Å². The Kier molecular flexibility index (Phi) is 3.65. The molecule has 0 aliphatic rings. The van der Waals surface area contributed by atoms with Crippen LogP contribution >= 0.6 is 0 Å². The third-order valence-electron chi connectivity index (χ3n) is 2.48. The number of nitrogens with one attached hydrogen (secondary N) is 1. The molecule has 17 heavy (non-hydrogen) atoms. The lowest BCUT2D eigenvalue weighted by molar-refractivity contribution is 0.968. The van der Waals surface area contributed by atoms with E-state index in [0.717, 1.165) is 29.3 Å². The van der Waals surface area contributed by atoms with Gasteiger partial charge in [-0.25, -0.2) is 9.97 Å². The topological polar surface area (TPSA) is 50.7 Å². The van der Waals surface area contributed by atoms with Gasteiger partial charge in [0.1, 0.15) is 12.1 Å². The van der Waals surface area contributed by atoms with Gasteiger partial charge in [0.05, 0.1) is 12.2 Å². The van der Waals surface area contributed by atoms with E-state index in [1.165, 1.54) is 0 Å². The van der Waals surface area contributed by atoms with Crippen molar-refractivity contribution in [1.82, 2.24) is 15.0 Å². The molecule has 0 aliphatic carbocycles. The summed E-state index contributed by atoms with van der Waals surface area (Å²) >= 11 is 0. The molecule has 0 atom stereocenters. The van der Waals surface area contributed by atoms with Crippen LogP contribution in [0, 0.1) is 6.92 Å². The van der Waals surface area contributed by atoms with Gasteiger partial charge in [-0.2, -0.15) is 0 Å². The van der Waals surface area contributed by atoms with Crippen LogP contribution in [0.3, 0.4) is 0 Å². The smallest absolute Gasteiger partial charge is 0.129 e. The molecule has 0 saturated heterocycles. The van der Waals surface area contributed by atoms with Crippen molar-refractivity contribution >= 4 is 5.82 Å². The van der Waals surface area contributed by atoms with E-state index >= 15 is 0 Å². The molecule has 4 nitrogen and oxygen atoms in total. The minimum atomic E-state index is 0.682. The van der Waals surface area contributed by atoms with Crippen LogP contribution in [-0.2, 0) is 13.0 Å². The Bertz CT molecular complexity index is 496. The minimum Gasteiger partial charge on any atom is -0.364 e. The summed E-state index contributed by atoms with van der Waals surface area (Å²) in [5, 5.41) is 3.25. The molecular formula is C13H16N4. The van der Waals surface area contributed by atoms with E-state index < -0.39 is 0 Å². The molecule has 0 aliphatic heterocycles. The zero-order valence-electron chi connectivity index (χ0n) is 10.1. The van der Waals surface area contributed by atoms with Gasteiger partial charge in [0.15, 0.2) is 0 Å². The van der Waals surface area contributed by atoms with Crippen molar-refractivity contribution in [2.24, 2.45) is 0 Å². The fourth-order valence-electron chi connectivity index (χ4n) is 1.57. The van der Waals surface area contributed by atoms with Crippen LogP contribution < -0.4 is 5.32 Å². The molecule has 2 aromatic heterocycles. The summed E-state index contributed by atoms with van der Waals surface area (Å²) in [5.74, 6) is 0.847. The highest BCUT2D eigenvalue weighted by atomic mass is 15.0. The Morgan fingerprint density at radius 1 is 1.18 bits per heavy atom. The number of anilines is 1. The van der Waals surface area contributed by atoms with Crippen LogP contribution in [0.25, 0.3) is 0 Å². The Balaban J connectivity index is 2.02. The van der Waals surface area contributed by atoms with E-state index in [9.17, 15) is 0 Å². The Labute approximate surface area is 101 Å². The quantitative estimate of drug-likeness (QED) is 0.872. The first-order valence-corrected chi connectivity index (χ1v) is 5.75. The van der Waals surface area contributed by atoms with Gasteiger partial charge in [0.25, 0.3) is 0 Å². The van der Waals surface area contributed by atoms with Crippen LogP contribution in [0.1, 0.15) is 24.0 Å². The number of rotatable bonds is 4. The molecule has 0 spiro atoms. The molecular weight excluding hydrogens is 212 g/mol. The Morgan fingerprint density at radius 3 is 2.82 bits per heavy atom. The maximum atomic E-state index is 4.42. The first-order valence-electron chi connectivity index (χ1n) is 5.75. The summed E-state index contributed by atoms with van der Waals surface area (Å²) in [4.78, 5) is 12.8. The van der Waals surface area contributed by atoms with Crippen molar-refractivity contribution in [3.63, 3.8) is 0 Å². The maximum absolute atomic E-state index is 4.42. The van der Waals surface area contributed by atoms with Gasteiger partial charge in [-0.15, -0.1) is 0 Å². The molecule has 2 rings (SSSR count). The molecule has 4 heteroatoms. The third kappa shape index (κ3) is 3.24. The largest absolute Gasteiger partial charge is 0.364 e. The molecule has 0 bridgehead atoms. The van der Waals surface area contributed by atoms with E-state index in [4.69, 9.17) is 0 Å². The van der Waals surface area contributed by atoms with Gasteiger partial charge in [0.2, 0.25) is 0 Å². The van der Waals surface area contributed by atoms with E-state index in [-0.39, 0.29) is 0 Å². The highest BCUT2D eigenvalue weighted by Crippen LogP contribution is 2.06. The van der Waals surface area contributed by atoms with Crippen molar-refractivity contribution < 1.29 is 0 Å². The van der Waals surface area contributed by atoms with Gasteiger partial charge in [0, 0.05) is 17.5 Å². The van der Waals surface area contributed by atoms with Gasteiger partial charge in [-0.3, -0.25) is 4.98 Å². The van der Waals surface area contributed by atoms with Crippen LogP contribution in [0.2, 0.25) is 0 Å². The second-order valence-corrected chi connectivity index (χ2v) is 3.87. The lowest BCUT2D eigenvalue weighted by Crippen LogP contribution is -2.04. The second-order valence-electron chi connectivity index (χ2n) is 3.87. The molecule has 0 fully saturated rings. The minimum absolute atomic E-state index is 0.682. The molecule has 1 N–H and O–H groups in total. The van der Waals surface area contributed by atoms with E-state index in [0.29, 0.717) is 6.54 Å². The van der Waals surface area contributed by atoms with Crippen molar-refractivity contribution in [3.8, 4) is 0 Å². The normalized spacial score (nSPS) is 10.2. The molecule has 88 valence electrons. The lowest BCUT2D eigenvalue weighted by atomic mass is 10.3. The zero-order chi connectivity index (χ0) is 12.1. The number of hydrogen-bond acceptors (Lipinski definition) is 4. The molecule has 0 unspecified atom stereocenters. The first-order chi connectivity index (χ1) is 8.28. The van der Waals surface area contributed by atoms with Crippen LogP contribution in [0.15, 0.2) is 30.6 Å². The van der Waals surface area contributed by atoms with Crippen molar-refractivity contribution in [2.45, 2.75) is 26.8 Å². The molecule has 0 aromatic carbocycles. The highest BCUT2D eigenvalue weighted by Gasteiger charge is 1.98. The monoisotopic (exact) mass is 228 g/mol. The zero-order valence-corrected chi connectivity index (χ0v) is 10.1. The average Bonchev–Trinajstić information content (AvgIpc) is 2.37. The number of aromatic nitrogens is 3. The van der Waals surface area contributed by atoms with E-state index in [1.54, 1.807) is 6.33 Å². The summed E-state index contributed by atoms with van der Waals surface area (Å²) in [5.41, 5.74) is 3.09. The summed E-state index contributed by atoms with van der Waals surface area (Å²) in [6, 6.07) is 7.97. The fourth-order valence-corrected chi connectivity index (χ4v) is 1.57. The summed E-state index contributed by atoms with van der Waals surface area (Å²) < 4.78 is 0. The predicted molar refractivity (Wildman–Crippen MR) is 67.7 cm³/mol. The van der Waals surface area contributed by atoms with Gasteiger partial charge < -0.3 is 5.32 Å². The number of hydrogen-bond donors (Lipinski definition) is 1. The lowest BCUT2D eigenvalue weighted by Gasteiger charge is -2.06. The SMILES string of the molecule is CCc1cc(NCc2cccc(C)n2)ncn1. The molecule has 2 aromatic rings. The molecule has 0 radical (unpaired) electrons. The van der Waals surface area contributed by atoms with Gasteiger partial charge in [-0.05, 0) is 25.5 Å². The number of nitrogens with zero attached hydrogens (tertiary/aromatic N) is 3. The number of pyridine rings is 1.